The average molecular weight is 397 g/mol. The fourth-order valence-electron chi connectivity index (χ4n) is 4.45. The van der Waals surface area contributed by atoms with Crippen LogP contribution in [0.15, 0.2) is 54.6 Å². The highest BCUT2D eigenvalue weighted by molar-refractivity contribution is 5.86. The molecule has 4 rings (SSSR count). The predicted octanol–water partition coefficient (Wildman–Crippen LogP) is 5.54. The minimum Gasteiger partial charge on any atom is -0.394 e. The van der Waals surface area contributed by atoms with Gasteiger partial charge in [-0.3, -0.25) is 4.90 Å². The molecule has 0 radical (unpaired) electrons. The van der Waals surface area contributed by atoms with Gasteiger partial charge in [0.2, 0.25) is 0 Å². The summed E-state index contributed by atoms with van der Waals surface area (Å²) in [4.78, 5) is 7.56. The number of rotatable bonds is 4. The van der Waals surface area contributed by atoms with Gasteiger partial charge in [0.25, 0.3) is 0 Å². The second kappa shape index (κ2) is 9.04. The zero-order chi connectivity index (χ0) is 18.8. The van der Waals surface area contributed by atoms with E-state index in [2.05, 4.69) is 67.3 Å². The number of fused-ring (bicyclic) bond motifs is 1. The summed E-state index contributed by atoms with van der Waals surface area (Å²) in [5, 5.41) is 11.4. The van der Waals surface area contributed by atoms with E-state index in [1.165, 1.54) is 24.8 Å². The van der Waals surface area contributed by atoms with Gasteiger partial charge in [0.1, 0.15) is 0 Å². The number of nitrogens with zero attached hydrogens (tertiary/aromatic N) is 2. The molecule has 1 unspecified atom stereocenters. The Bertz CT molecular complexity index is 929. The van der Waals surface area contributed by atoms with Crippen LogP contribution in [0, 0.1) is 6.92 Å². The van der Waals surface area contributed by atoms with Gasteiger partial charge >= 0.3 is 0 Å². The number of para-hydroxylation sites is 1. The molecular formula is C24H29ClN2O. The van der Waals surface area contributed by atoms with Crippen molar-refractivity contribution in [1.82, 2.24) is 9.88 Å². The van der Waals surface area contributed by atoms with Crippen molar-refractivity contribution >= 4 is 23.3 Å². The number of hydrogen-bond donors (Lipinski definition) is 1. The van der Waals surface area contributed by atoms with E-state index in [1.807, 2.05) is 6.07 Å². The third kappa shape index (κ3) is 3.93. The Balaban J connectivity index is 0.00000225. The van der Waals surface area contributed by atoms with Crippen molar-refractivity contribution in [3.05, 3.63) is 65.7 Å². The number of aromatic nitrogens is 1. The molecule has 0 spiro atoms. The number of aliphatic hydroxyl groups excluding tert-OH is 1. The van der Waals surface area contributed by atoms with Gasteiger partial charge in [-0.15, -0.1) is 12.4 Å². The minimum absolute atomic E-state index is 0. The fraction of sp³-hybridized carbons (Fsp3) is 0.375. The van der Waals surface area contributed by atoms with Gasteiger partial charge in [-0.1, -0.05) is 55.0 Å². The Morgan fingerprint density at radius 2 is 1.89 bits per heavy atom. The monoisotopic (exact) mass is 396 g/mol. The quantitative estimate of drug-likeness (QED) is 0.628. The number of aryl methyl sites for hydroxylation is 1. The second-order valence-electron chi connectivity index (χ2n) is 7.72. The lowest BCUT2D eigenvalue weighted by Gasteiger charge is -2.39. The minimum atomic E-state index is 0. The molecule has 3 aromatic rings. The van der Waals surface area contributed by atoms with Gasteiger partial charge in [0, 0.05) is 17.0 Å². The largest absolute Gasteiger partial charge is 0.394 e. The lowest BCUT2D eigenvalue weighted by atomic mass is 9.95. The van der Waals surface area contributed by atoms with Crippen LogP contribution >= 0.6 is 12.4 Å². The van der Waals surface area contributed by atoms with Crippen LogP contribution in [-0.2, 0) is 0 Å². The lowest BCUT2D eigenvalue weighted by Crippen LogP contribution is -2.41. The van der Waals surface area contributed by atoms with Gasteiger partial charge < -0.3 is 5.11 Å². The van der Waals surface area contributed by atoms with Crippen molar-refractivity contribution in [2.45, 2.75) is 45.2 Å². The van der Waals surface area contributed by atoms with Crippen LogP contribution in [0.1, 0.15) is 43.4 Å². The molecule has 1 aliphatic rings. The summed E-state index contributed by atoms with van der Waals surface area (Å²) in [6.45, 7) is 5.57. The summed E-state index contributed by atoms with van der Waals surface area (Å²) < 4.78 is 0. The third-order valence-electron chi connectivity index (χ3n) is 5.90. The Kier molecular flexibility index (Phi) is 6.71. The molecule has 148 valence electrons. The molecule has 3 nitrogen and oxygen atoms in total. The molecule has 1 fully saturated rings. The molecular weight excluding hydrogens is 368 g/mol. The van der Waals surface area contributed by atoms with Crippen molar-refractivity contribution in [1.29, 1.82) is 0 Å². The number of halogens is 1. The summed E-state index contributed by atoms with van der Waals surface area (Å²) in [5.41, 5.74) is 5.50. The summed E-state index contributed by atoms with van der Waals surface area (Å²) in [7, 11) is 0. The van der Waals surface area contributed by atoms with E-state index in [9.17, 15) is 5.11 Å². The number of pyridine rings is 1. The average Bonchev–Trinajstić information content (AvgIpc) is 2.70. The number of benzene rings is 2. The first-order chi connectivity index (χ1) is 13.2. The zero-order valence-electron chi connectivity index (χ0n) is 16.6. The standard InChI is InChI=1S/C24H28N2O.ClH/c1-17-15-20-12-8-13-21(22(16-27)26-14-7-6-9-18(26)2)24(20)25-23(17)19-10-4-3-5-11-19;/h3-5,8,10-13,15,18,22,27H,6-7,9,14,16H2,1-2H3;1H/t18-,22?;/m1./s1. The van der Waals surface area contributed by atoms with E-state index in [1.54, 1.807) is 0 Å². The van der Waals surface area contributed by atoms with Gasteiger partial charge in [-0.25, -0.2) is 4.98 Å². The Morgan fingerprint density at radius 3 is 2.61 bits per heavy atom. The van der Waals surface area contributed by atoms with Crippen LogP contribution in [-0.4, -0.2) is 34.2 Å². The summed E-state index contributed by atoms with van der Waals surface area (Å²) in [6, 6.07) is 19.4. The molecule has 0 saturated carbocycles. The predicted molar refractivity (Wildman–Crippen MR) is 119 cm³/mol. The summed E-state index contributed by atoms with van der Waals surface area (Å²) in [6.07, 6.45) is 3.68. The lowest BCUT2D eigenvalue weighted by molar-refractivity contribution is 0.0650. The molecule has 1 aliphatic heterocycles. The number of aliphatic hydroxyl groups is 1. The fourth-order valence-corrected chi connectivity index (χ4v) is 4.45. The van der Waals surface area contributed by atoms with Crippen LogP contribution in [0.5, 0.6) is 0 Å². The van der Waals surface area contributed by atoms with E-state index >= 15 is 0 Å². The molecule has 2 aromatic carbocycles. The van der Waals surface area contributed by atoms with Gasteiger partial charge in [-0.2, -0.15) is 0 Å². The normalized spacial score (nSPS) is 18.6. The molecule has 2 atom stereocenters. The van der Waals surface area contributed by atoms with E-state index in [-0.39, 0.29) is 25.1 Å². The molecule has 1 aromatic heterocycles. The zero-order valence-corrected chi connectivity index (χ0v) is 17.5. The SMILES string of the molecule is Cc1cc2cccc(C(CO)N3CCCC[C@H]3C)c2nc1-c1ccccc1.Cl. The number of likely N-dealkylation sites (tertiary alicyclic amines) is 1. The van der Waals surface area contributed by atoms with Crippen molar-refractivity contribution < 1.29 is 5.11 Å². The van der Waals surface area contributed by atoms with E-state index < -0.39 is 0 Å². The van der Waals surface area contributed by atoms with Crippen molar-refractivity contribution in [2.75, 3.05) is 13.2 Å². The highest BCUT2D eigenvalue weighted by Gasteiger charge is 2.28. The third-order valence-corrected chi connectivity index (χ3v) is 5.90. The van der Waals surface area contributed by atoms with Gasteiger partial charge in [0.15, 0.2) is 0 Å². The molecule has 4 heteroatoms. The number of piperidine rings is 1. The molecule has 1 saturated heterocycles. The summed E-state index contributed by atoms with van der Waals surface area (Å²) >= 11 is 0. The van der Waals surface area contributed by atoms with E-state index in [0.29, 0.717) is 6.04 Å². The first-order valence-corrected chi connectivity index (χ1v) is 10.0. The Morgan fingerprint density at radius 1 is 1.11 bits per heavy atom. The van der Waals surface area contributed by atoms with Crippen LogP contribution in [0.4, 0.5) is 0 Å². The van der Waals surface area contributed by atoms with Crippen molar-refractivity contribution in [3.8, 4) is 11.3 Å². The maximum absolute atomic E-state index is 10.3. The van der Waals surface area contributed by atoms with Crippen molar-refractivity contribution in [2.24, 2.45) is 0 Å². The molecule has 0 bridgehead atoms. The molecule has 2 heterocycles. The van der Waals surface area contributed by atoms with E-state index in [4.69, 9.17) is 4.98 Å². The molecule has 28 heavy (non-hydrogen) atoms. The van der Waals surface area contributed by atoms with Crippen LogP contribution < -0.4 is 0 Å². The van der Waals surface area contributed by atoms with Crippen LogP contribution in [0.2, 0.25) is 0 Å². The first-order valence-electron chi connectivity index (χ1n) is 10.0. The first kappa shape index (κ1) is 20.8. The van der Waals surface area contributed by atoms with E-state index in [0.717, 1.165) is 34.3 Å². The van der Waals surface area contributed by atoms with Crippen molar-refractivity contribution in [3.63, 3.8) is 0 Å². The molecule has 1 N–H and O–H groups in total. The highest BCUT2D eigenvalue weighted by atomic mass is 35.5. The topological polar surface area (TPSA) is 36.4 Å². The van der Waals surface area contributed by atoms with Crippen LogP contribution in [0.3, 0.4) is 0 Å². The Hall–Kier alpha value is -1.94. The maximum atomic E-state index is 10.3. The van der Waals surface area contributed by atoms with Crippen LogP contribution in [0.25, 0.3) is 22.2 Å². The molecule has 0 amide bonds. The highest BCUT2D eigenvalue weighted by Crippen LogP contribution is 2.34. The Labute approximate surface area is 173 Å². The summed E-state index contributed by atoms with van der Waals surface area (Å²) in [5.74, 6) is 0. The second-order valence-corrected chi connectivity index (χ2v) is 7.72. The smallest absolute Gasteiger partial charge is 0.0758 e. The number of hydrogen-bond acceptors (Lipinski definition) is 3. The maximum Gasteiger partial charge on any atom is 0.0758 e. The van der Waals surface area contributed by atoms with Gasteiger partial charge in [-0.05, 0) is 50.4 Å². The van der Waals surface area contributed by atoms with Gasteiger partial charge in [0.05, 0.1) is 23.9 Å². The molecule has 0 aliphatic carbocycles.